The molecule has 1 aromatic rings. The summed E-state index contributed by atoms with van der Waals surface area (Å²) in [5.41, 5.74) is 2.49. The molecule has 0 spiro atoms. The number of nitrogens with one attached hydrogen (secondary N) is 2. The number of benzene rings is 1. The Kier molecular flexibility index (Phi) is 6.81. The van der Waals surface area contributed by atoms with Crippen LogP contribution >= 0.6 is 0 Å². The minimum Gasteiger partial charge on any atom is -0.355 e. The smallest absolute Gasteiger partial charge is 0.230 e. The number of hydrogen-bond acceptors (Lipinski definition) is 3. The Bertz CT molecular complexity index is 807. The molecular weight excluding hydrogens is 372 g/mol. The lowest BCUT2D eigenvalue weighted by atomic mass is 9.68. The van der Waals surface area contributed by atoms with Gasteiger partial charge < -0.3 is 5.32 Å². The molecule has 1 saturated carbocycles. The van der Waals surface area contributed by atoms with Gasteiger partial charge in [-0.2, -0.15) is 0 Å². The van der Waals surface area contributed by atoms with Crippen molar-refractivity contribution in [2.45, 2.75) is 69.6 Å². The van der Waals surface area contributed by atoms with Gasteiger partial charge >= 0.3 is 0 Å². The van der Waals surface area contributed by atoms with Crippen molar-refractivity contribution >= 4 is 21.6 Å². The van der Waals surface area contributed by atoms with Crippen LogP contribution < -0.4 is 10.0 Å². The van der Waals surface area contributed by atoms with Gasteiger partial charge in [0.15, 0.2) is 0 Å². The van der Waals surface area contributed by atoms with Gasteiger partial charge in [0.2, 0.25) is 15.9 Å². The number of amides is 1. The summed E-state index contributed by atoms with van der Waals surface area (Å²) in [5.74, 6) is 0.118. The fourth-order valence-corrected chi connectivity index (χ4v) is 5.08. The van der Waals surface area contributed by atoms with Crippen molar-refractivity contribution in [2.75, 3.05) is 17.5 Å². The zero-order chi connectivity index (χ0) is 20.0. The van der Waals surface area contributed by atoms with Gasteiger partial charge in [-0.05, 0) is 62.6 Å². The topological polar surface area (TPSA) is 75.3 Å². The van der Waals surface area contributed by atoms with Crippen molar-refractivity contribution in [3.05, 3.63) is 41.5 Å². The molecule has 154 valence electrons. The van der Waals surface area contributed by atoms with Crippen LogP contribution in [0.4, 0.5) is 5.69 Å². The van der Waals surface area contributed by atoms with Crippen molar-refractivity contribution in [3.8, 4) is 0 Å². The fraction of sp³-hybridized carbons (Fsp3) is 0.591. The second kappa shape index (κ2) is 9.12. The molecule has 1 amide bonds. The zero-order valence-electron chi connectivity index (χ0n) is 16.8. The van der Waals surface area contributed by atoms with E-state index < -0.39 is 15.4 Å². The SMILES string of the molecule is CS(=O)(=O)Nc1ccc(C2(C(=O)NCCC3=CCCCC3)CCCCC2)cc1. The third kappa shape index (κ3) is 5.37. The normalized spacial score (nSPS) is 19.5. The molecule has 1 aromatic carbocycles. The van der Waals surface area contributed by atoms with E-state index >= 15 is 0 Å². The van der Waals surface area contributed by atoms with Crippen molar-refractivity contribution in [1.29, 1.82) is 0 Å². The lowest BCUT2D eigenvalue weighted by Gasteiger charge is -2.36. The number of carbonyl (C=O) groups is 1. The summed E-state index contributed by atoms with van der Waals surface area (Å²) in [6.07, 6.45) is 14.2. The highest BCUT2D eigenvalue weighted by Gasteiger charge is 2.40. The van der Waals surface area contributed by atoms with E-state index in [4.69, 9.17) is 0 Å². The number of sulfonamides is 1. The summed E-state index contributed by atoms with van der Waals surface area (Å²) in [5, 5.41) is 3.20. The van der Waals surface area contributed by atoms with Gasteiger partial charge in [-0.25, -0.2) is 8.42 Å². The van der Waals surface area contributed by atoms with Crippen molar-refractivity contribution < 1.29 is 13.2 Å². The van der Waals surface area contributed by atoms with Crippen LogP contribution in [0, 0.1) is 0 Å². The Balaban J connectivity index is 1.70. The van der Waals surface area contributed by atoms with Crippen LogP contribution in [0.5, 0.6) is 0 Å². The third-order valence-electron chi connectivity index (χ3n) is 6.00. The highest BCUT2D eigenvalue weighted by atomic mass is 32.2. The first-order valence-electron chi connectivity index (χ1n) is 10.4. The molecule has 0 aromatic heterocycles. The largest absolute Gasteiger partial charge is 0.355 e. The molecule has 2 aliphatic rings. The Morgan fingerprint density at radius 3 is 2.36 bits per heavy atom. The maximum atomic E-state index is 13.2. The molecule has 6 heteroatoms. The average molecular weight is 405 g/mol. The van der Waals surface area contributed by atoms with Gasteiger partial charge in [-0.1, -0.05) is 43.0 Å². The summed E-state index contributed by atoms with van der Waals surface area (Å²) < 4.78 is 25.3. The van der Waals surface area contributed by atoms with Crippen LogP contribution in [0.15, 0.2) is 35.9 Å². The highest BCUT2D eigenvalue weighted by molar-refractivity contribution is 7.92. The first-order chi connectivity index (χ1) is 13.4. The quantitative estimate of drug-likeness (QED) is 0.667. The Labute approximate surface area is 169 Å². The van der Waals surface area contributed by atoms with E-state index in [2.05, 4.69) is 16.1 Å². The third-order valence-corrected chi connectivity index (χ3v) is 6.61. The molecule has 2 aliphatic carbocycles. The van der Waals surface area contributed by atoms with Gasteiger partial charge in [0.05, 0.1) is 11.7 Å². The molecule has 0 saturated heterocycles. The predicted octanol–water partition coefficient (Wildman–Crippen LogP) is 4.27. The van der Waals surface area contributed by atoms with E-state index in [0.29, 0.717) is 12.2 Å². The molecule has 28 heavy (non-hydrogen) atoms. The van der Waals surface area contributed by atoms with E-state index in [1.54, 1.807) is 12.1 Å². The van der Waals surface area contributed by atoms with E-state index in [-0.39, 0.29) is 5.91 Å². The van der Waals surface area contributed by atoms with Crippen molar-refractivity contribution in [2.24, 2.45) is 0 Å². The van der Waals surface area contributed by atoms with Crippen LogP contribution in [0.25, 0.3) is 0 Å². The summed E-state index contributed by atoms with van der Waals surface area (Å²) in [6.45, 7) is 0.695. The Morgan fingerprint density at radius 1 is 1.04 bits per heavy atom. The number of carbonyl (C=O) groups excluding carboxylic acids is 1. The summed E-state index contributed by atoms with van der Waals surface area (Å²) >= 11 is 0. The minimum absolute atomic E-state index is 0.118. The van der Waals surface area contributed by atoms with Gasteiger partial charge in [-0.3, -0.25) is 9.52 Å². The predicted molar refractivity (Wildman–Crippen MR) is 114 cm³/mol. The maximum Gasteiger partial charge on any atom is 0.230 e. The van der Waals surface area contributed by atoms with Gasteiger partial charge in [0.1, 0.15) is 0 Å². The monoisotopic (exact) mass is 404 g/mol. The molecule has 2 N–H and O–H groups in total. The van der Waals surface area contributed by atoms with Gasteiger partial charge in [-0.15, -0.1) is 0 Å². The Hall–Kier alpha value is -1.82. The van der Waals surface area contributed by atoms with Crippen LogP contribution in [0.3, 0.4) is 0 Å². The van der Waals surface area contributed by atoms with Crippen LogP contribution in [-0.2, 0) is 20.2 Å². The maximum absolute atomic E-state index is 13.2. The molecule has 0 aliphatic heterocycles. The lowest BCUT2D eigenvalue weighted by Crippen LogP contribution is -2.46. The molecule has 0 atom stereocenters. The first kappa shape index (κ1) is 20.9. The van der Waals surface area contributed by atoms with E-state index in [1.165, 1.54) is 24.8 Å². The molecule has 0 bridgehead atoms. The van der Waals surface area contributed by atoms with Crippen LogP contribution in [0.1, 0.15) is 69.8 Å². The second-order valence-corrected chi connectivity index (χ2v) is 9.96. The van der Waals surface area contributed by atoms with E-state index in [0.717, 1.165) is 56.8 Å². The minimum atomic E-state index is -3.30. The molecule has 3 rings (SSSR count). The molecule has 0 unspecified atom stereocenters. The summed E-state index contributed by atoms with van der Waals surface area (Å²) in [6, 6.07) is 7.32. The number of anilines is 1. The molecule has 5 nitrogen and oxygen atoms in total. The lowest BCUT2D eigenvalue weighted by molar-refractivity contribution is -0.128. The fourth-order valence-electron chi connectivity index (χ4n) is 4.51. The number of allylic oxidation sites excluding steroid dienone is 1. The molecule has 0 radical (unpaired) electrons. The van der Waals surface area contributed by atoms with E-state index in [9.17, 15) is 13.2 Å². The molecule has 1 fully saturated rings. The van der Waals surface area contributed by atoms with Gasteiger partial charge in [0, 0.05) is 12.2 Å². The second-order valence-electron chi connectivity index (χ2n) is 8.21. The van der Waals surface area contributed by atoms with Gasteiger partial charge in [0.25, 0.3) is 0 Å². The van der Waals surface area contributed by atoms with E-state index in [1.807, 2.05) is 12.1 Å². The van der Waals surface area contributed by atoms with Crippen LogP contribution in [0.2, 0.25) is 0 Å². The Morgan fingerprint density at radius 2 is 1.75 bits per heavy atom. The standard InChI is InChI=1S/C22H32N2O3S/c1-28(26,27)24-20-12-10-19(11-13-20)22(15-6-3-7-16-22)21(25)23-17-14-18-8-4-2-5-9-18/h8,10-13,24H,2-7,9,14-17H2,1H3,(H,23,25). The molecule has 0 heterocycles. The summed E-state index contributed by atoms with van der Waals surface area (Å²) in [4.78, 5) is 13.2. The average Bonchev–Trinajstić information content (AvgIpc) is 2.68. The molecular formula is C22H32N2O3S. The zero-order valence-corrected chi connectivity index (χ0v) is 17.6. The van der Waals surface area contributed by atoms with Crippen molar-refractivity contribution in [1.82, 2.24) is 5.32 Å². The summed E-state index contributed by atoms with van der Waals surface area (Å²) in [7, 11) is -3.30. The van der Waals surface area contributed by atoms with Crippen LogP contribution in [-0.4, -0.2) is 27.1 Å². The highest BCUT2D eigenvalue weighted by Crippen LogP contribution is 2.40. The first-order valence-corrected chi connectivity index (χ1v) is 12.3. The number of hydrogen-bond donors (Lipinski definition) is 2. The number of rotatable bonds is 7. The van der Waals surface area contributed by atoms with Crippen molar-refractivity contribution in [3.63, 3.8) is 0 Å².